The fourth-order valence-electron chi connectivity index (χ4n) is 3.91. The number of carbonyl (C=O) groups is 3. The van der Waals surface area contributed by atoms with Crippen LogP contribution in [0.25, 0.3) is 0 Å². The van der Waals surface area contributed by atoms with Crippen LogP contribution in [0.3, 0.4) is 0 Å². The van der Waals surface area contributed by atoms with Gasteiger partial charge in [-0.2, -0.15) is 0 Å². The fourth-order valence-corrected chi connectivity index (χ4v) is 3.91. The van der Waals surface area contributed by atoms with Crippen molar-refractivity contribution in [3.63, 3.8) is 0 Å². The predicted octanol–water partition coefficient (Wildman–Crippen LogP) is 2.82. The summed E-state index contributed by atoms with van der Waals surface area (Å²) in [7, 11) is 0. The van der Waals surface area contributed by atoms with E-state index in [0.717, 1.165) is 30.6 Å². The summed E-state index contributed by atoms with van der Waals surface area (Å²) in [5.41, 5.74) is -0.544. The smallest absolute Gasteiger partial charge is 0.325 e. The van der Waals surface area contributed by atoms with Crippen LogP contribution in [0, 0.1) is 11.3 Å². The third kappa shape index (κ3) is 3.98. The van der Waals surface area contributed by atoms with Gasteiger partial charge in [-0.1, -0.05) is 34.1 Å². The largest absolute Gasteiger partial charge is 0.352 e. The Balaban J connectivity index is 2.00. The first-order chi connectivity index (χ1) is 11.6. The van der Waals surface area contributed by atoms with Gasteiger partial charge in [-0.3, -0.25) is 14.5 Å². The minimum Gasteiger partial charge on any atom is -0.352 e. The number of nitrogens with zero attached hydrogens (tertiary/aromatic N) is 1. The van der Waals surface area contributed by atoms with Crippen molar-refractivity contribution < 1.29 is 14.4 Å². The Morgan fingerprint density at radius 2 is 1.92 bits per heavy atom. The third-order valence-electron chi connectivity index (χ3n) is 6.42. The van der Waals surface area contributed by atoms with Gasteiger partial charge in [-0.05, 0) is 50.4 Å². The van der Waals surface area contributed by atoms with Gasteiger partial charge >= 0.3 is 6.03 Å². The number of rotatable bonds is 6. The van der Waals surface area contributed by atoms with E-state index in [1.165, 1.54) is 0 Å². The molecule has 1 saturated carbocycles. The van der Waals surface area contributed by atoms with Gasteiger partial charge in [-0.15, -0.1) is 0 Å². The number of nitrogens with one attached hydrogen (secondary N) is 2. The van der Waals surface area contributed by atoms with Gasteiger partial charge < -0.3 is 10.6 Å². The highest BCUT2D eigenvalue weighted by Crippen LogP contribution is 2.45. The zero-order valence-corrected chi connectivity index (χ0v) is 16.3. The number of amides is 4. The molecule has 4 amide bonds. The second kappa shape index (κ2) is 7.34. The SMILES string of the molecule is CCC(C)NC(=O)CN1C(=O)NC2(CCC(C(C)(C)CC)CC2)C1=O. The molecule has 2 aliphatic rings. The maximum Gasteiger partial charge on any atom is 0.325 e. The molecule has 25 heavy (non-hydrogen) atoms. The van der Waals surface area contributed by atoms with Crippen LogP contribution >= 0.6 is 0 Å². The Kier molecular flexibility index (Phi) is 5.79. The van der Waals surface area contributed by atoms with E-state index < -0.39 is 11.6 Å². The average Bonchev–Trinajstić information content (AvgIpc) is 2.79. The van der Waals surface area contributed by atoms with Gasteiger partial charge in [0.2, 0.25) is 5.91 Å². The summed E-state index contributed by atoms with van der Waals surface area (Å²) in [4.78, 5) is 38.3. The predicted molar refractivity (Wildman–Crippen MR) is 96.9 cm³/mol. The summed E-state index contributed by atoms with van der Waals surface area (Å²) in [5.74, 6) is 0.0517. The monoisotopic (exact) mass is 351 g/mol. The van der Waals surface area contributed by atoms with Crippen LogP contribution in [0.4, 0.5) is 4.79 Å². The summed E-state index contributed by atoms with van der Waals surface area (Å²) < 4.78 is 0. The molecule has 1 saturated heterocycles. The molecule has 1 heterocycles. The second-order valence-corrected chi connectivity index (χ2v) is 8.40. The molecule has 6 nitrogen and oxygen atoms in total. The second-order valence-electron chi connectivity index (χ2n) is 8.40. The maximum absolute atomic E-state index is 12.9. The molecule has 1 unspecified atom stereocenters. The van der Waals surface area contributed by atoms with Crippen molar-refractivity contribution in [3.8, 4) is 0 Å². The molecule has 6 heteroatoms. The van der Waals surface area contributed by atoms with Crippen molar-refractivity contribution in [1.82, 2.24) is 15.5 Å². The van der Waals surface area contributed by atoms with Gasteiger partial charge in [0, 0.05) is 6.04 Å². The first-order valence-electron chi connectivity index (χ1n) is 9.58. The topological polar surface area (TPSA) is 78.5 Å². The number of imide groups is 1. The minimum atomic E-state index is -0.798. The van der Waals surface area contributed by atoms with Crippen molar-refractivity contribution in [2.45, 2.75) is 84.7 Å². The lowest BCUT2D eigenvalue weighted by atomic mass is 9.65. The van der Waals surface area contributed by atoms with Gasteiger partial charge in [0.25, 0.3) is 5.91 Å². The molecule has 0 radical (unpaired) electrons. The molecule has 2 fully saturated rings. The zero-order valence-electron chi connectivity index (χ0n) is 16.3. The van der Waals surface area contributed by atoms with Crippen LogP contribution in [0.5, 0.6) is 0 Å². The van der Waals surface area contributed by atoms with Crippen molar-refractivity contribution in [1.29, 1.82) is 0 Å². The summed E-state index contributed by atoms with van der Waals surface area (Å²) in [6.45, 7) is 10.4. The molecule has 1 aliphatic carbocycles. The molecule has 2 rings (SSSR count). The highest BCUT2D eigenvalue weighted by molar-refractivity contribution is 6.09. The molecule has 0 aromatic carbocycles. The first-order valence-corrected chi connectivity index (χ1v) is 9.58. The van der Waals surface area contributed by atoms with Crippen molar-refractivity contribution >= 4 is 17.8 Å². The molecular weight excluding hydrogens is 318 g/mol. The van der Waals surface area contributed by atoms with E-state index in [0.29, 0.717) is 18.8 Å². The van der Waals surface area contributed by atoms with Crippen molar-refractivity contribution in [3.05, 3.63) is 0 Å². The average molecular weight is 351 g/mol. The van der Waals surface area contributed by atoms with Crippen LogP contribution in [0.2, 0.25) is 0 Å². The van der Waals surface area contributed by atoms with Crippen LogP contribution in [-0.4, -0.2) is 40.9 Å². The van der Waals surface area contributed by atoms with Crippen LogP contribution in [0.15, 0.2) is 0 Å². The maximum atomic E-state index is 12.9. The van der Waals surface area contributed by atoms with E-state index in [1.54, 1.807) is 0 Å². The van der Waals surface area contributed by atoms with Crippen LogP contribution in [0.1, 0.15) is 73.1 Å². The van der Waals surface area contributed by atoms with Crippen LogP contribution < -0.4 is 10.6 Å². The van der Waals surface area contributed by atoms with Crippen molar-refractivity contribution in [2.75, 3.05) is 6.54 Å². The molecule has 0 aromatic heterocycles. The highest BCUT2D eigenvalue weighted by atomic mass is 16.2. The van der Waals surface area contributed by atoms with E-state index >= 15 is 0 Å². The van der Waals surface area contributed by atoms with Gasteiger partial charge in [-0.25, -0.2) is 4.79 Å². The summed E-state index contributed by atoms with van der Waals surface area (Å²) in [6, 6.07) is -0.397. The van der Waals surface area contributed by atoms with Crippen LogP contribution in [-0.2, 0) is 9.59 Å². The fraction of sp³-hybridized carbons (Fsp3) is 0.842. The minimum absolute atomic E-state index is 0.0361. The zero-order chi connectivity index (χ0) is 18.8. The Labute approximate surface area is 151 Å². The molecule has 142 valence electrons. The Morgan fingerprint density at radius 3 is 2.44 bits per heavy atom. The molecule has 1 atom stereocenters. The summed E-state index contributed by atoms with van der Waals surface area (Å²) >= 11 is 0. The lowest BCUT2D eigenvalue weighted by Crippen LogP contribution is -2.51. The highest BCUT2D eigenvalue weighted by Gasteiger charge is 2.53. The van der Waals surface area contributed by atoms with Crippen molar-refractivity contribution in [2.24, 2.45) is 11.3 Å². The van der Waals surface area contributed by atoms with E-state index in [4.69, 9.17) is 0 Å². The Bertz CT molecular complexity index is 536. The molecule has 1 spiro atoms. The van der Waals surface area contributed by atoms with E-state index in [2.05, 4.69) is 31.4 Å². The molecular formula is C19H33N3O3. The molecule has 1 aliphatic heterocycles. The normalized spacial score (nSPS) is 28.2. The lowest BCUT2D eigenvalue weighted by Gasteiger charge is -2.42. The van der Waals surface area contributed by atoms with Gasteiger partial charge in [0.05, 0.1) is 0 Å². The molecule has 2 N–H and O–H groups in total. The molecule has 0 bridgehead atoms. The Hall–Kier alpha value is -1.59. The van der Waals surface area contributed by atoms with E-state index in [1.807, 2.05) is 13.8 Å². The number of urea groups is 1. The number of hydrogen-bond acceptors (Lipinski definition) is 3. The quantitative estimate of drug-likeness (QED) is 0.722. The van der Waals surface area contributed by atoms with E-state index in [-0.39, 0.29) is 29.8 Å². The first kappa shape index (κ1) is 19.7. The van der Waals surface area contributed by atoms with Gasteiger partial charge in [0.15, 0.2) is 0 Å². The summed E-state index contributed by atoms with van der Waals surface area (Å²) in [5, 5.41) is 5.70. The molecule has 0 aromatic rings. The Morgan fingerprint density at radius 1 is 1.32 bits per heavy atom. The standard InChI is InChI=1S/C19H33N3O3/c1-6-13(3)20-15(23)12-22-16(24)19(21-17(22)25)10-8-14(9-11-19)18(4,5)7-2/h13-14H,6-12H2,1-5H3,(H,20,23)(H,21,25). The van der Waals surface area contributed by atoms with Gasteiger partial charge in [0.1, 0.15) is 12.1 Å². The third-order valence-corrected chi connectivity index (χ3v) is 6.42. The van der Waals surface area contributed by atoms with E-state index in [9.17, 15) is 14.4 Å². The lowest BCUT2D eigenvalue weighted by molar-refractivity contribution is -0.136. The number of carbonyl (C=O) groups excluding carboxylic acids is 3. The summed E-state index contributed by atoms with van der Waals surface area (Å²) in [6.07, 6.45) is 5.10. The number of hydrogen-bond donors (Lipinski definition) is 2.